The molecule has 1 heterocycles. The Labute approximate surface area is 107 Å². The Morgan fingerprint density at radius 1 is 1.11 bits per heavy atom. The normalized spacial score (nSPS) is 11.4. The van der Waals surface area contributed by atoms with Gasteiger partial charge in [-0.1, -0.05) is 0 Å². The van der Waals surface area contributed by atoms with Crippen LogP contribution >= 0.6 is 0 Å². The number of alkyl halides is 3. The van der Waals surface area contributed by atoms with Gasteiger partial charge in [-0.15, -0.1) is 0 Å². The molecule has 0 unspecified atom stereocenters. The molecule has 2 aromatic rings. The molecular formula is C13H10F3NO2. The molecule has 1 N–H and O–H groups in total. The van der Waals surface area contributed by atoms with E-state index in [-0.39, 0.29) is 12.4 Å². The number of benzene rings is 1. The van der Waals surface area contributed by atoms with Crippen molar-refractivity contribution in [3.05, 3.63) is 53.9 Å². The number of nitrogens with zero attached hydrogens (tertiary/aromatic N) is 1. The predicted molar refractivity (Wildman–Crippen MR) is 61.7 cm³/mol. The number of ether oxygens (including phenoxy) is 1. The number of aliphatic hydroxyl groups excluding tert-OH is 1. The third-order valence-corrected chi connectivity index (χ3v) is 2.45. The van der Waals surface area contributed by atoms with Crippen molar-refractivity contribution < 1.29 is 23.0 Å². The summed E-state index contributed by atoms with van der Waals surface area (Å²) in [5.41, 5.74) is -0.233. The third-order valence-electron chi connectivity index (χ3n) is 2.45. The van der Waals surface area contributed by atoms with Crippen molar-refractivity contribution in [2.45, 2.75) is 12.8 Å². The lowest BCUT2D eigenvalue weighted by Gasteiger charge is -2.10. The molecule has 0 aliphatic rings. The van der Waals surface area contributed by atoms with Crippen molar-refractivity contribution in [1.29, 1.82) is 0 Å². The van der Waals surface area contributed by atoms with Gasteiger partial charge in [-0.25, -0.2) is 0 Å². The largest absolute Gasteiger partial charge is 0.455 e. The van der Waals surface area contributed by atoms with Gasteiger partial charge >= 0.3 is 6.18 Å². The molecule has 0 radical (unpaired) electrons. The van der Waals surface area contributed by atoms with E-state index in [1.54, 1.807) is 6.07 Å². The first-order valence-electron chi connectivity index (χ1n) is 5.39. The fraction of sp³-hybridized carbons (Fsp3) is 0.154. The molecule has 0 atom stereocenters. The van der Waals surface area contributed by atoms with E-state index in [2.05, 4.69) is 4.98 Å². The topological polar surface area (TPSA) is 42.4 Å². The Bertz CT molecular complexity index is 553. The molecule has 3 nitrogen and oxygen atoms in total. The van der Waals surface area contributed by atoms with Crippen LogP contribution in [-0.2, 0) is 12.8 Å². The van der Waals surface area contributed by atoms with E-state index in [0.29, 0.717) is 11.3 Å². The average molecular weight is 269 g/mol. The molecule has 6 heteroatoms. The van der Waals surface area contributed by atoms with Crippen LogP contribution in [0.2, 0.25) is 0 Å². The van der Waals surface area contributed by atoms with Crippen LogP contribution in [0.3, 0.4) is 0 Å². The number of hydrogen-bond acceptors (Lipinski definition) is 3. The van der Waals surface area contributed by atoms with Gasteiger partial charge in [-0.2, -0.15) is 13.2 Å². The highest BCUT2D eigenvalue weighted by Crippen LogP contribution is 2.31. The molecule has 0 saturated carbocycles. The second kappa shape index (κ2) is 5.27. The van der Waals surface area contributed by atoms with Crippen LogP contribution in [0.1, 0.15) is 11.1 Å². The number of aromatic nitrogens is 1. The highest BCUT2D eigenvalue weighted by atomic mass is 19.4. The molecule has 1 aromatic carbocycles. The maximum Gasteiger partial charge on any atom is 0.416 e. The van der Waals surface area contributed by atoms with Crippen molar-refractivity contribution in [3.63, 3.8) is 0 Å². The summed E-state index contributed by atoms with van der Waals surface area (Å²) in [5, 5.41) is 9.09. The monoisotopic (exact) mass is 269 g/mol. The Balaban J connectivity index is 2.20. The number of rotatable bonds is 3. The molecule has 0 amide bonds. The maximum absolute atomic E-state index is 12.4. The number of pyridine rings is 1. The zero-order chi connectivity index (χ0) is 13.9. The lowest BCUT2D eigenvalue weighted by molar-refractivity contribution is -0.137. The quantitative estimate of drug-likeness (QED) is 0.928. The van der Waals surface area contributed by atoms with Crippen LogP contribution in [0.4, 0.5) is 13.2 Å². The Morgan fingerprint density at radius 2 is 1.79 bits per heavy atom. The summed E-state index contributed by atoms with van der Waals surface area (Å²) in [6.45, 7) is -0.238. The molecule has 2 rings (SSSR count). The van der Waals surface area contributed by atoms with Crippen LogP contribution in [-0.4, -0.2) is 10.1 Å². The summed E-state index contributed by atoms with van der Waals surface area (Å²) in [5.74, 6) is 0.556. The summed E-state index contributed by atoms with van der Waals surface area (Å²) < 4.78 is 42.5. The first-order chi connectivity index (χ1) is 9.00. The zero-order valence-corrected chi connectivity index (χ0v) is 9.69. The van der Waals surface area contributed by atoms with E-state index < -0.39 is 11.7 Å². The number of aliphatic hydroxyl groups is 1. The van der Waals surface area contributed by atoms with Gasteiger partial charge in [-0.05, 0) is 30.3 Å². The van der Waals surface area contributed by atoms with Crippen LogP contribution in [0.5, 0.6) is 11.5 Å². The lowest BCUT2D eigenvalue weighted by atomic mass is 10.2. The second-order valence-corrected chi connectivity index (χ2v) is 3.77. The number of halogens is 3. The van der Waals surface area contributed by atoms with Gasteiger partial charge in [0, 0.05) is 11.8 Å². The molecule has 0 spiro atoms. The summed E-state index contributed by atoms with van der Waals surface area (Å²) in [6.07, 6.45) is -1.49. The van der Waals surface area contributed by atoms with E-state index in [1.165, 1.54) is 24.5 Å². The standard InChI is InChI=1S/C13H10F3NO2/c14-13(15,16)10-1-3-11(4-2-10)19-12-7-17-6-5-9(12)8-18/h1-7,18H,8H2. The van der Waals surface area contributed by atoms with E-state index in [0.717, 1.165) is 12.1 Å². The van der Waals surface area contributed by atoms with E-state index >= 15 is 0 Å². The molecule has 0 bridgehead atoms. The molecule has 1 aromatic heterocycles. The van der Waals surface area contributed by atoms with Crippen LogP contribution in [0, 0.1) is 0 Å². The fourth-order valence-electron chi connectivity index (χ4n) is 1.47. The number of hydrogen-bond donors (Lipinski definition) is 1. The zero-order valence-electron chi connectivity index (χ0n) is 9.69. The highest BCUT2D eigenvalue weighted by molar-refractivity contribution is 5.36. The molecule has 0 fully saturated rings. The lowest BCUT2D eigenvalue weighted by Crippen LogP contribution is -2.04. The molecular weight excluding hydrogens is 259 g/mol. The van der Waals surface area contributed by atoms with Gasteiger partial charge < -0.3 is 9.84 Å². The minimum Gasteiger partial charge on any atom is -0.455 e. The second-order valence-electron chi connectivity index (χ2n) is 3.77. The van der Waals surface area contributed by atoms with Crippen molar-refractivity contribution in [1.82, 2.24) is 4.98 Å². The minimum atomic E-state index is -4.37. The predicted octanol–water partition coefficient (Wildman–Crippen LogP) is 3.39. The average Bonchev–Trinajstić information content (AvgIpc) is 2.39. The van der Waals surface area contributed by atoms with Crippen molar-refractivity contribution in [3.8, 4) is 11.5 Å². The van der Waals surface area contributed by atoms with Crippen LogP contribution in [0.25, 0.3) is 0 Å². The molecule has 19 heavy (non-hydrogen) atoms. The first kappa shape index (κ1) is 13.4. The minimum absolute atomic E-state index is 0.238. The van der Waals surface area contributed by atoms with Crippen molar-refractivity contribution >= 4 is 0 Å². The van der Waals surface area contributed by atoms with Crippen LogP contribution in [0.15, 0.2) is 42.7 Å². The Morgan fingerprint density at radius 3 is 2.37 bits per heavy atom. The summed E-state index contributed by atoms with van der Waals surface area (Å²) in [7, 11) is 0. The molecule has 100 valence electrons. The SMILES string of the molecule is OCc1ccncc1Oc1ccc(C(F)(F)F)cc1. The molecule has 0 aliphatic carbocycles. The smallest absolute Gasteiger partial charge is 0.416 e. The van der Waals surface area contributed by atoms with Gasteiger partial charge in [-0.3, -0.25) is 4.98 Å². The van der Waals surface area contributed by atoms with Gasteiger partial charge in [0.2, 0.25) is 0 Å². The van der Waals surface area contributed by atoms with Gasteiger partial charge in [0.05, 0.1) is 18.4 Å². The van der Waals surface area contributed by atoms with E-state index in [9.17, 15) is 13.2 Å². The van der Waals surface area contributed by atoms with Gasteiger partial charge in [0.1, 0.15) is 5.75 Å². The first-order valence-corrected chi connectivity index (χ1v) is 5.39. The summed E-state index contributed by atoms with van der Waals surface area (Å²) >= 11 is 0. The van der Waals surface area contributed by atoms with Crippen molar-refractivity contribution in [2.75, 3.05) is 0 Å². The van der Waals surface area contributed by atoms with Gasteiger partial charge in [0.25, 0.3) is 0 Å². The summed E-state index contributed by atoms with van der Waals surface area (Å²) in [4.78, 5) is 3.83. The van der Waals surface area contributed by atoms with Crippen LogP contribution < -0.4 is 4.74 Å². The Hall–Kier alpha value is -2.08. The third kappa shape index (κ3) is 3.23. The molecule has 0 saturated heterocycles. The van der Waals surface area contributed by atoms with E-state index in [4.69, 9.17) is 9.84 Å². The van der Waals surface area contributed by atoms with Gasteiger partial charge in [0.15, 0.2) is 5.75 Å². The Kier molecular flexibility index (Phi) is 3.71. The van der Waals surface area contributed by atoms with Crippen molar-refractivity contribution in [2.24, 2.45) is 0 Å². The van der Waals surface area contributed by atoms with E-state index in [1.807, 2.05) is 0 Å². The summed E-state index contributed by atoms with van der Waals surface area (Å²) in [6, 6.07) is 5.88. The molecule has 0 aliphatic heterocycles. The fourth-order valence-corrected chi connectivity index (χ4v) is 1.47. The maximum atomic E-state index is 12.4. The highest BCUT2D eigenvalue weighted by Gasteiger charge is 2.30.